The maximum atomic E-state index is 12.9. The summed E-state index contributed by atoms with van der Waals surface area (Å²) in [5.74, 6) is -0.175. The van der Waals surface area contributed by atoms with Gasteiger partial charge in [0.1, 0.15) is 13.2 Å². The molecule has 0 heterocycles. The molecule has 3 unspecified atom stereocenters. The molecule has 0 bridgehead atoms. The quantitative estimate of drug-likeness (QED) is 0.0272. The average Bonchev–Trinajstić information content (AvgIpc) is 3.28. The highest BCUT2D eigenvalue weighted by Crippen LogP contribution is 2.38. The number of phosphoric ester groups is 1. The lowest BCUT2D eigenvalue weighted by Gasteiger charge is -2.30. The Bertz CT molecular complexity index is 1350. The van der Waals surface area contributed by atoms with Crippen molar-refractivity contribution in [1.29, 1.82) is 0 Å². The van der Waals surface area contributed by atoms with Crippen molar-refractivity contribution in [2.24, 2.45) is 0 Å². The summed E-state index contributed by atoms with van der Waals surface area (Å²) in [6, 6.07) is -0.808. The van der Waals surface area contributed by atoms with E-state index in [2.05, 4.69) is 104 Å². The molecular weight excluding hydrogens is 840 g/mol. The van der Waals surface area contributed by atoms with E-state index >= 15 is 0 Å². The monoisotopic (exact) mass is 943 g/mol. The predicted octanol–water partition coefficient (Wildman–Crippen LogP) is 15.5. The number of carbonyl (C=O) groups excluding carboxylic acids is 1. The number of hydrogen-bond acceptors (Lipinski definition) is 6. The van der Waals surface area contributed by atoms with E-state index in [1.54, 1.807) is 0 Å². The third-order valence-corrected chi connectivity index (χ3v) is 12.6. The molecule has 0 aromatic rings. The zero-order valence-electron chi connectivity index (χ0n) is 43.4. The van der Waals surface area contributed by atoms with Crippen LogP contribution in [0.4, 0.5) is 0 Å². The number of likely N-dealkylation sites (N-methyl/N-ethyl adjacent to an activating group) is 1. The Balaban J connectivity index is 4.16. The first-order chi connectivity index (χ1) is 32.0. The summed E-state index contributed by atoms with van der Waals surface area (Å²) < 4.78 is 23.3. The van der Waals surface area contributed by atoms with Crippen LogP contribution >= 0.6 is 7.82 Å². The minimum atomic E-state index is -4.57. The number of amides is 1. The lowest BCUT2D eigenvalue weighted by Crippen LogP contribution is -2.46. The first kappa shape index (κ1) is 63.7. The fourth-order valence-corrected chi connectivity index (χ4v) is 8.15. The average molecular weight is 943 g/mol. The van der Waals surface area contributed by atoms with Gasteiger partial charge in [-0.15, -0.1) is 0 Å². The summed E-state index contributed by atoms with van der Waals surface area (Å²) in [6.45, 7) is 4.59. The highest BCUT2D eigenvalue weighted by Gasteiger charge is 2.24. The van der Waals surface area contributed by atoms with Crippen molar-refractivity contribution < 1.29 is 32.9 Å². The van der Waals surface area contributed by atoms with E-state index in [0.29, 0.717) is 23.9 Å². The van der Waals surface area contributed by atoms with Gasteiger partial charge in [-0.3, -0.25) is 9.36 Å². The number of allylic oxidation sites excluding steroid dienone is 14. The van der Waals surface area contributed by atoms with Crippen LogP contribution in [0, 0.1) is 0 Å². The molecular formula is C57H103N2O6P. The van der Waals surface area contributed by atoms with Gasteiger partial charge in [0.15, 0.2) is 0 Å². The molecule has 3 atom stereocenters. The van der Waals surface area contributed by atoms with Crippen molar-refractivity contribution in [2.45, 2.75) is 231 Å². The molecule has 2 N–H and O–H groups in total. The lowest BCUT2D eigenvalue weighted by molar-refractivity contribution is -0.870. The third kappa shape index (κ3) is 49.6. The summed E-state index contributed by atoms with van der Waals surface area (Å²) in [4.78, 5) is 25.4. The van der Waals surface area contributed by atoms with Crippen molar-refractivity contribution in [1.82, 2.24) is 5.32 Å². The van der Waals surface area contributed by atoms with E-state index in [9.17, 15) is 19.4 Å². The highest BCUT2D eigenvalue weighted by molar-refractivity contribution is 7.45. The van der Waals surface area contributed by atoms with Crippen LogP contribution in [0.1, 0.15) is 219 Å². The van der Waals surface area contributed by atoms with Gasteiger partial charge in [-0.1, -0.05) is 227 Å². The van der Waals surface area contributed by atoms with E-state index < -0.39 is 20.0 Å². The Hall–Kier alpha value is -2.32. The lowest BCUT2D eigenvalue weighted by atomic mass is 10.0. The zero-order chi connectivity index (χ0) is 48.5. The molecule has 66 heavy (non-hydrogen) atoms. The normalized spacial score (nSPS) is 14.7. The Morgan fingerprint density at radius 1 is 0.545 bits per heavy atom. The number of aliphatic hydroxyl groups is 1. The largest absolute Gasteiger partial charge is 0.756 e. The van der Waals surface area contributed by atoms with E-state index in [0.717, 1.165) is 89.9 Å². The first-order valence-corrected chi connectivity index (χ1v) is 28.4. The van der Waals surface area contributed by atoms with E-state index in [1.165, 1.54) is 103 Å². The van der Waals surface area contributed by atoms with Crippen molar-refractivity contribution >= 4 is 13.7 Å². The van der Waals surface area contributed by atoms with Gasteiger partial charge in [-0.25, -0.2) is 0 Å². The predicted molar refractivity (Wildman–Crippen MR) is 283 cm³/mol. The van der Waals surface area contributed by atoms with Gasteiger partial charge >= 0.3 is 0 Å². The number of hydrogen-bond donors (Lipinski definition) is 2. The fourth-order valence-electron chi connectivity index (χ4n) is 7.43. The summed E-state index contributed by atoms with van der Waals surface area (Å²) in [5.41, 5.74) is 0. The molecule has 0 aliphatic carbocycles. The SMILES string of the molecule is CC/C=C\C/C=C\C/C=C\C/C=C\C/C=C\C/C=C\C/C=C\CCCCCCCCCCCC(=O)NC(COP(=O)([O-])OCC[N+](C)(C)C)C(O)CCCCCCCCCCCCCCC. The Labute approximate surface area is 407 Å². The van der Waals surface area contributed by atoms with Gasteiger partial charge in [-0.2, -0.15) is 0 Å². The van der Waals surface area contributed by atoms with Gasteiger partial charge in [0.05, 0.1) is 39.9 Å². The number of carbonyl (C=O) groups is 1. The maximum absolute atomic E-state index is 12.9. The van der Waals surface area contributed by atoms with Gasteiger partial charge in [0, 0.05) is 6.42 Å². The standard InChI is InChI=1S/C57H103N2O6P/c1-6-8-10-12-14-16-18-20-21-22-23-24-25-26-27-28-29-30-31-32-33-34-35-36-37-39-41-43-45-47-49-51-57(61)58-55(54-65-66(62,63)64-53-52-59(3,4)5)56(60)50-48-46-44-42-40-38-19-17-15-13-11-9-7-2/h8,10,14,16,20-21,23-24,26-27,29-30,32-33,55-56,60H,6-7,9,11-13,15,17-19,22,25,28,31,34-54H2,1-5H3,(H-,58,61,62,63)/b10-8-,16-14-,21-20-,24-23-,27-26-,30-29-,33-32-. The molecule has 0 saturated heterocycles. The smallest absolute Gasteiger partial charge is 0.268 e. The summed E-state index contributed by atoms with van der Waals surface area (Å²) in [5, 5.41) is 14.0. The molecule has 0 aromatic heterocycles. The van der Waals surface area contributed by atoms with E-state index in [1.807, 2.05) is 21.1 Å². The molecule has 8 nitrogen and oxygen atoms in total. The van der Waals surface area contributed by atoms with Crippen LogP contribution in [0.5, 0.6) is 0 Å². The number of nitrogens with one attached hydrogen (secondary N) is 1. The number of rotatable bonds is 48. The van der Waals surface area contributed by atoms with Crippen LogP contribution in [0.15, 0.2) is 85.1 Å². The third-order valence-electron chi connectivity index (χ3n) is 11.6. The van der Waals surface area contributed by atoms with Crippen LogP contribution in [0.2, 0.25) is 0 Å². The molecule has 0 fully saturated rings. The second-order valence-electron chi connectivity index (χ2n) is 19.2. The molecule has 1 amide bonds. The summed E-state index contributed by atoms with van der Waals surface area (Å²) in [7, 11) is 1.29. The summed E-state index contributed by atoms with van der Waals surface area (Å²) in [6.07, 6.45) is 66.0. The summed E-state index contributed by atoms with van der Waals surface area (Å²) >= 11 is 0. The van der Waals surface area contributed by atoms with E-state index in [4.69, 9.17) is 9.05 Å². The zero-order valence-corrected chi connectivity index (χ0v) is 44.3. The molecule has 9 heteroatoms. The van der Waals surface area contributed by atoms with Crippen molar-refractivity contribution in [3.05, 3.63) is 85.1 Å². The topological polar surface area (TPSA) is 108 Å². The fraction of sp³-hybridized carbons (Fsp3) is 0.737. The molecule has 0 saturated carbocycles. The second kappa shape index (κ2) is 47.7. The number of phosphoric acid groups is 1. The van der Waals surface area contributed by atoms with Crippen LogP contribution < -0.4 is 10.2 Å². The maximum Gasteiger partial charge on any atom is 0.268 e. The highest BCUT2D eigenvalue weighted by atomic mass is 31.2. The number of unbranched alkanes of at least 4 members (excludes halogenated alkanes) is 21. The number of nitrogens with zero attached hydrogens (tertiary/aromatic N) is 1. The minimum absolute atomic E-state index is 0.00720. The minimum Gasteiger partial charge on any atom is -0.756 e. The first-order valence-electron chi connectivity index (χ1n) is 26.9. The van der Waals surface area contributed by atoms with Gasteiger partial charge in [-0.05, 0) is 70.6 Å². The second-order valence-corrected chi connectivity index (χ2v) is 20.6. The molecule has 0 rings (SSSR count). The van der Waals surface area contributed by atoms with Crippen molar-refractivity contribution in [3.8, 4) is 0 Å². The molecule has 0 spiro atoms. The van der Waals surface area contributed by atoms with E-state index in [-0.39, 0.29) is 19.1 Å². The Kier molecular flexibility index (Phi) is 46.1. The van der Waals surface area contributed by atoms with Crippen molar-refractivity contribution in [2.75, 3.05) is 40.9 Å². The molecule has 0 aliphatic heterocycles. The van der Waals surface area contributed by atoms with Crippen LogP contribution in [0.3, 0.4) is 0 Å². The van der Waals surface area contributed by atoms with Crippen LogP contribution in [-0.2, 0) is 18.4 Å². The van der Waals surface area contributed by atoms with Crippen LogP contribution in [0.25, 0.3) is 0 Å². The van der Waals surface area contributed by atoms with Gasteiger partial charge < -0.3 is 28.8 Å². The Morgan fingerprint density at radius 2 is 0.924 bits per heavy atom. The molecule has 382 valence electrons. The van der Waals surface area contributed by atoms with Crippen LogP contribution in [-0.4, -0.2) is 68.5 Å². The molecule has 0 radical (unpaired) electrons. The number of quaternary nitrogens is 1. The number of aliphatic hydroxyl groups excluding tert-OH is 1. The van der Waals surface area contributed by atoms with Gasteiger partial charge in [0.2, 0.25) is 5.91 Å². The van der Waals surface area contributed by atoms with Gasteiger partial charge in [0.25, 0.3) is 7.82 Å². The molecule has 0 aliphatic rings. The Morgan fingerprint density at radius 3 is 1.35 bits per heavy atom. The van der Waals surface area contributed by atoms with Crippen molar-refractivity contribution in [3.63, 3.8) is 0 Å². The molecule has 0 aromatic carbocycles.